The molecular weight excluding hydrogens is 354 g/mol. The number of benzene rings is 3. The number of hydrogen-bond donors (Lipinski definition) is 2. The predicted octanol–water partition coefficient (Wildman–Crippen LogP) is 4.71. The second-order valence-corrected chi connectivity index (χ2v) is 6.28. The quantitative estimate of drug-likeness (QED) is 0.544. The van der Waals surface area contributed by atoms with Crippen molar-refractivity contribution in [2.45, 2.75) is 6.92 Å². The minimum Gasteiger partial charge on any atom is -0.436 e. The first kappa shape index (κ1) is 17.5. The van der Waals surface area contributed by atoms with Crippen LogP contribution in [0, 0.1) is 0 Å². The third-order valence-corrected chi connectivity index (χ3v) is 4.15. The highest BCUT2D eigenvalue weighted by atomic mass is 16.3. The van der Waals surface area contributed by atoms with Crippen LogP contribution in [0.4, 0.5) is 11.4 Å². The lowest BCUT2D eigenvalue weighted by molar-refractivity contribution is -0.114. The highest BCUT2D eigenvalue weighted by Crippen LogP contribution is 2.25. The van der Waals surface area contributed by atoms with Crippen molar-refractivity contribution in [1.82, 2.24) is 4.98 Å². The van der Waals surface area contributed by atoms with Crippen molar-refractivity contribution >= 4 is 34.3 Å². The van der Waals surface area contributed by atoms with E-state index in [2.05, 4.69) is 15.6 Å². The van der Waals surface area contributed by atoms with Gasteiger partial charge in [-0.3, -0.25) is 9.59 Å². The summed E-state index contributed by atoms with van der Waals surface area (Å²) in [6.45, 7) is 1.44. The average molecular weight is 371 g/mol. The normalized spacial score (nSPS) is 10.6. The van der Waals surface area contributed by atoms with E-state index >= 15 is 0 Å². The highest BCUT2D eigenvalue weighted by Gasteiger charge is 2.09. The van der Waals surface area contributed by atoms with Gasteiger partial charge in [-0.1, -0.05) is 12.1 Å². The summed E-state index contributed by atoms with van der Waals surface area (Å²) in [6.07, 6.45) is 0. The molecule has 4 rings (SSSR count). The first-order chi connectivity index (χ1) is 13.6. The third kappa shape index (κ3) is 3.76. The highest BCUT2D eigenvalue weighted by molar-refractivity contribution is 6.04. The van der Waals surface area contributed by atoms with Gasteiger partial charge >= 0.3 is 0 Å². The summed E-state index contributed by atoms with van der Waals surface area (Å²) in [5.41, 5.74) is 4.17. The van der Waals surface area contributed by atoms with Crippen molar-refractivity contribution in [2.24, 2.45) is 0 Å². The second kappa shape index (κ2) is 7.36. The number of para-hydroxylation sites is 2. The maximum Gasteiger partial charge on any atom is 0.255 e. The molecule has 0 bridgehead atoms. The smallest absolute Gasteiger partial charge is 0.255 e. The maximum atomic E-state index is 12.4. The van der Waals surface area contributed by atoms with Gasteiger partial charge in [-0.05, 0) is 60.7 Å². The molecule has 2 N–H and O–H groups in total. The molecule has 0 spiro atoms. The molecule has 0 saturated carbocycles. The topological polar surface area (TPSA) is 84.2 Å². The number of nitrogens with zero attached hydrogens (tertiary/aromatic N) is 1. The molecule has 0 radical (unpaired) electrons. The van der Waals surface area contributed by atoms with E-state index in [1.54, 1.807) is 36.4 Å². The summed E-state index contributed by atoms with van der Waals surface area (Å²) in [6, 6.07) is 21.6. The van der Waals surface area contributed by atoms with Crippen molar-refractivity contribution in [1.29, 1.82) is 0 Å². The lowest BCUT2D eigenvalue weighted by Crippen LogP contribution is -2.12. The molecule has 0 aliphatic carbocycles. The third-order valence-electron chi connectivity index (χ3n) is 4.15. The minimum atomic E-state index is -0.232. The van der Waals surface area contributed by atoms with Crippen LogP contribution in [0.1, 0.15) is 17.3 Å². The fourth-order valence-electron chi connectivity index (χ4n) is 2.80. The Morgan fingerprint density at radius 1 is 0.821 bits per heavy atom. The van der Waals surface area contributed by atoms with Gasteiger partial charge < -0.3 is 15.1 Å². The van der Waals surface area contributed by atoms with Gasteiger partial charge in [0.1, 0.15) is 5.52 Å². The van der Waals surface area contributed by atoms with Crippen LogP contribution in [0.3, 0.4) is 0 Å². The lowest BCUT2D eigenvalue weighted by Gasteiger charge is -2.07. The molecule has 0 saturated heterocycles. The molecule has 28 heavy (non-hydrogen) atoms. The van der Waals surface area contributed by atoms with E-state index in [1.807, 2.05) is 36.4 Å². The number of carbonyl (C=O) groups is 2. The molecule has 4 aromatic rings. The van der Waals surface area contributed by atoms with Crippen molar-refractivity contribution in [3.05, 3.63) is 78.4 Å². The van der Waals surface area contributed by atoms with Crippen molar-refractivity contribution in [3.63, 3.8) is 0 Å². The molecular formula is C22H17N3O3. The number of hydrogen-bond acceptors (Lipinski definition) is 4. The van der Waals surface area contributed by atoms with Gasteiger partial charge in [-0.2, -0.15) is 0 Å². The predicted molar refractivity (Wildman–Crippen MR) is 108 cm³/mol. The lowest BCUT2D eigenvalue weighted by atomic mass is 10.1. The summed E-state index contributed by atoms with van der Waals surface area (Å²) in [7, 11) is 0. The summed E-state index contributed by atoms with van der Waals surface area (Å²) in [5.74, 6) is 0.146. The fourth-order valence-corrected chi connectivity index (χ4v) is 2.80. The van der Waals surface area contributed by atoms with Gasteiger partial charge in [-0.25, -0.2) is 4.98 Å². The van der Waals surface area contributed by atoms with Crippen LogP contribution < -0.4 is 10.6 Å². The molecule has 0 unspecified atom stereocenters. The van der Waals surface area contributed by atoms with E-state index in [1.165, 1.54) is 6.92 Å². The Bertz CT molecular complexity index is 1110. The van der Waals surface area contributed by atoms with E-state index in [0.717, 1.165) is 16.7 Å². The SMILES string of the molecule is CC(=O)Nc1ccc(C(=O)Nc2ccc(-c3nc4ccccc4o3)cc2)cc1. The van der Waals surface area contributed by atoms with Crippen LogP contribution in [-0.4, -0.2) is 16.8 Å². The first-order valence-electron chi connectivity index (χ1n) is 8.73. The van der Waals surface area contributed by atoms with E-state index in [4.69, 9.17) is 4.42 Å². The number of nitrogens with one attached hydrogen (secondary N) is 2. The van der Waals surface area contributed by atoms with Crippen molar-refractivity contribution in [3.8, 4) is 11.5 Å². The number of rotatable bonds is 4. The van der Waals surface area contributed by atoms with Gasteiger partial charge in [0.25, 0.3) is 5.91 Å². The molecule has 6 heteroatoms. The Balaban J connectivity index is 1.46. The zero-order valence-electron chi connectivity index (χ0n) is 15.1. The minimum absolute atomic E-state index is 0.156. The molecule has 3 aromatic carbocycles. The molecule has 0 aliphatic rings. The van der Waals surface area contributed by atoms with Gasteiger partial charge in [0.2, 0.25) is 11.8 Å². The first-order valence-corrected chi connectivity index (χ1v) is 8.73. The Kier molecular flexibility index (Phi) is 4.60. The number of carbonyl (C=O) groups excluding carboxylic acids is 2. The molecule has 0 aliphatic heterocycles. The van der Waals surface area contributed by atoms with Crippen LogP contribution >= 0.6 is 0 Å². The van der Waals surface area contributed by atoms with Crippen molar-refractivity contribution in [2.75, 3.05) is 10.6 Å². The molecule has 1 aromatic heterocycles. The Hall–Kier alpha value is -3.93. The standard InChI is InChI=1S/C22H17N3O3/c1-14(26)23-17-10-6-15(7-11-17)21(27)24-18-12-8-16(9-13-18)22-25-19-4-2-3-5-20(19)28-22/h2-13H,1H3,(H,23,26)(H,24,27). The number of anilines is 2. The summed E-state index contributed by atoms with van der Waals surface area (Å²) >= 11 is 0. The van der Waals surface area contributed by atoms with Crippen LogP contribution in [0.5, 0.6) is 0 Å². The van der Waals surface area contributed by atoms with E-state index in [-0.39, 0.29) is 11.8 Å². The monoisotopic (exact) mass is 371 g/mol. The van der Waals surface area contributed by atoms with Crippen LogP contribution in [-0.2, 0) is 4.79 Å². The van der Waals surface area contributed by atoms with Crippen LogP contribution in [0.15, 0.2) is 77.2 Å². The molecule has 138 valence electrons. The molecule has 2 amide bonds. The van der Waals surface area contributed by atoms with Gasteiger partial charge in [0, 0.05) is 29.4 Å². The maximum absolute atomic E-state index is 12.4. The number of oxazole rings is 1. The van der Waals surface area contributed by atoms with E-state index in [9.17, 15) is 9.59 Å². The number of fused-ring (bicyclic) bond motifs is 1. The average Bonchev–Trinajstić information content (AvgIpc) is 3.13. The van der Waals surface area contributed by atoms with Gasteiger partial charge in [0.05, 0.1) is 0 Å². The summed E-state index contributed by atoms with van der Waals surface area (Å²) in [4.78, 5) is 27.9. The largest absolute Gasteiger partial charge is 0.436 e. The zero-order chi connectivity index (χ0) is 19.5. The van der Waals surface area contributed by atoms with Gasteiger partial charge in [-0.15, -0.1) is 0 Å². The molecule has 0 fully saturated rings. The summed E-state index contributed by atoms with van der Waals surface area (Å²) in [5, 5.41) is 5.51. The van der Waals surface area contributed by atoms with E-state index in [0.29, 0.717) is 22.8 Å². The molecule has 6 nitrogen and oxygen atoms in total. The summed E-state index contributed by atoms with van der Waals surface area (Å²) < 4.78 is 5.75. The Morgan fingerprint density at radius 2 is 1.46 bits per heavy atom. The Labute approximate surface area is 161 Å². The Morgan fingerprint density at radius 3 is 2.14 bits per heavy atom. The zero-order valence-corrected chi connectivity index (χ0v) is 15.1. The number of aromatic nitrogens is 1. The molecule has 1 heterocycles. The number of amides is 2. The second-order valence-electron chi connectivity index (χ2n) is 6.28. The van der Waals surface area contributed by atoms with Gasteiger partial charge in [0.15, 0.2) is 5.58 Å². The molecule has 0 atom stereocenters. The van der Waals surface area contributed by atoms with Crippen LogP contribution in [0.2, 0.25) is 0 Å². The fraction of sp³-hybridized carbons (Fsp3) is 0.0455. The van der Waals surface area contributed by atoms with Crippen LogP contribution in [0.25, 0.3) is 22.6 Å². The van der Waals surface area contributed by atoms with Crippen molar-refractivity contribution < 1.29 is 14.0 Å². The van der Waals surface area contributed by atoms with E-state index < -0.39 is 0 Å².